The van der Waals surface area contributed by atoms with Crippen LogP contribution in [-0.4, -0.2) is 39.1 Å². The van der Waals surface area contributed by atoms with Crippen LogP contribution in [0.2, 0.25) is 0 Å². The minimum atomic E-state index is -1.20. The number of furan rings is 1. The molecule has 0 bridgehead atoms. The van der Waals surface area contributed by atoms with Crippen LogP contribution in [0.1, 0.15) is 50.0 Å². The summed E-state index contributed by atoms with van der Waals surface area (Å²) in [5.74, 6) is -0.165. The molecule has 0 spiro atoms. The fourth-order valence-corrected chi connectivity index (χ4v) is 4.84. The maximum Gasteiger partial charge on any atom is 0.277 e. The number of anilines is 2. The minimum Gasteiger partial charge on any atom is -0.463 e. The second-order valence-electron chi connectivity index (χ2n) is 9.15. The van der Waals surface area contributed by atoms with Crippen molar-refractivity contribution in [1.29, 1.82) is 0 Å². The van der Waals surface area contributed by atoms with Gasteiger partial charge in [-0.1, -0.05) is 12.8 Å². The Morgan fingerprint density at radius 2 is 1.88 bits per heavy atom. The zero-order chi connectivity index (χ0) is 23.9. The first-order valence-corrected chi connectivity index (χ1v) is 11.5. The predicted molar refractivity (Wildman–Crippen MR) is 126 cm³/mol. The van der Waals surface area contributed by atoms with Crippen molar-refractivity contribution < 1.29 is 18.8 Å². The smallest absolute Gasteiger partial charge is 0.277 e. The van der Waals surface area contributed by atoms with Crippen LogP contribution in [0, 0.1) is 0 Å². The topological polar surface area (TPSA) is 109 Å². The molecule has 1 fully saturated rings. The molecule has 2 aromatic heterocycles. The van der Waals surface area contributed by atoms with Gasteiger partial charge in [-0.15, -0.1) is 0 Å². The normalized spacial score (nSPS) is 20.3. The lowest BCUT2D eigenvalue weighted by Crippen LogP contribution is -2.65. The van der Waals surface area contributed by atoms with Gasteiger partial charge >= 0.3 is 0 Å². The van der Waals surface area contributed by atoms with E-state index in [9.17, 15) is 14.4 Å². The Hall–Kier alpha value is -3.88. The first-order valence-electron chi connectivity index (χ1n) is 11.5. The van der Waals surface area contributed by atoms with E-state index in [1.807, 2.05) is 0 Å². The van der Waals surface area contributed by atoms with E-state index in [1.54, 1.807) is 60.3 Å². The van der Waals surface area contributed by atoms with Crippen molar-refractivity contribution in [2.24, 2.45) is 0 Å². The highest BCUT2D eigenvalue weighted by Gasteiger charge is 2.49. The number of aromatic nitrogens is 2. The lowest BCUT2D eigenvalue weighted by molar-refractivity contribution is -0.127. The summed E-state index contributed by atoms with van der Waals surface area (Å²) in [6.07, 6.45) is 5.61. The molecule has 1 aliphatic carbocycles. The Labute approximate surface area is 197 Å². The van der Waals surface area contributed by atoms with Crippen LogP contribution in [0.4, 0.5) is 11.4 Å². The van der Waals surface area contributed by atoms with Gasteiger partial charge in [0.25, 0.3) is 5.91 Å². The number of fused-ring (bicyclic) bond motifs is 1. The van der Waals surface area contributed by atoms with Gasteiger partial charge in [-0.2, -0.15) is 5.10 Å². The standard InChI is InChI=1S/C25H27N5O4/c1-16(31)26-18-9-11-19(12-10-18)30-23(32)21-14-20(22-8-5-13-34-22)28-29(21)15-25(30,2)24(33)27-17-6-3-4-7-17/h5,8-14,17H,3-4,6-7,15H2,1-2H3,(H,26,31)(H,27,33). The molecular weight excluding hydrogens is 434 g/mol. The Balaban J connectivity index is 1.54. The third-order valence-corrected chi connectivity index (χ3v) is 6.55. The van der Waals surface area contributed by atoms with Gasteiger partial charge in [0, 0.05) is 30.4 Å². The number of nitrogens with zero attached hydrogens (tertiary/aromatic N) is 3. The first kappa shape index (κ1) is 21.9. The third-order valence-electron chi connectivity index (χ3n) is 6.55. The molecule has 0 saturated heterocycles. The highest BCUT2D eigenvalue weighted by Crippen LogP contribution is 2.35. The van der Waals surface area contributed by atoms with E-state index in [4.69, 9.17) is 4.42 Å². The minimum absolute atomic E-state index is 0.112. The summed E-state index contributed by atoms with van der Waals surface area (Å²) in [7, 11) is 0. The summed E-state index contributed by atoms with van der Waals surface area (Å²) in [4.78, 5) is 40.4. The number of nitrogens with one attached hydrogen (secondary N) is 2. The number of hydrogen-bond acceptors (Lipinski definition) is 5. The van der Waals surface area contributed by atoms with Crippen LogP contribution in [0.15, 0.2) is 53.1 Å². The quantitative estimate of drug-likeness (QED) is 0.604. The zero-order valence-corrected chi connectivity index (χ0v) is 19.2. The van der Waals surface area contributed by atoms with E-state index in [2.05, 4.69) is 15.7 Å². The molecule has 1 aromatic carbocycles. The van der Waals surface area contributed by atoms with Crippen LogP contribution in [0.25, 0.3) is 11.5 Å². The summed E-state index contributed by atoms with van der Waals surface area (Å²) < 4.78 is 7.06. The molecule has 1 atom stereocenters. The predicted octanol–water partition coefficient (Wildman–Crippen LogP) is 3.58. The Morgan fingerprint density at radius 3 is 2.53 bits per heavy atom. The van der Waals surface area contributed by atoms with Crippen molar-refractivity contribution >= 4 is 29.1 Å². The maximum atomic E-state index is 13.8. The Morgan fingerprint density at radius 1 is 1.15 bits per heavy atom. The molecule has 2 N–H and O–H groups in total. The summed E-state index contributed by atoms with van der Waals surface area (Å²) in [6.45, 7) is 3.40. The summed E-state index contributed by atoms with van der Waals surface area (Å²) in [5.41, 5.74) is 0.894. The lowest BCUT2D eigenvalue weighted by Gasteiger charge is -2.43. The molecule has 9 nitrogen and oxygen atoms in total. The van der Waals surface area contributed by atoms with Gasteiger partial charge in [-0.3, -0.25) is 24.0 Å². The molecule has 0 radical (unpaired) electrons. The van der Waals surface area contributed by atoms with E-state index >= 15 is 0 Å². The van der Waals surface area contributed by atoms with Crippen LogP contribution < -0.4 is 15.5 Å². The van der Waals surface area contributed by atoms with Crippen LogP contribution in [0.5, 0.6) is 0 Å². The monoisotopic (exact) mass is 461 g/mol. The molecular formula is C25H27N5O4. The van der Waals surface area contributed by atoms with Crippen LogP contribution in [-0.2, 0) is 16.1 Å². The van der Waals surface area contributed by atoms with Crippen molar-refractivity contribution in [3.05, 3.63) is 54.4 Å². The highest BCUT2D eigenvalue weighted by molar-refractivity contribution is 6.12. The highest BCUT2D eigenvalue weighted by atomic mass is 16.3. The largest absolute Gasteiger partial charge is 0.463 e. The van der Waals surface area contributed by atoms with Gasteiger partial charge in [0.1, 0.15) is 16.9 Å². The second kappa shape index (κ2) is 8.48. The van der Waals surface area contributed by atoms with Gasteiger partial charge in [-0.05, 0) is 56.2 Å². The fourth-order valence-electron chi connectivity index (χ4n) is 4.84. The number of carbonyl (C=O) groups excluding carboxylic acids is 3. The number of rotatable bonds is 5. The van der Waals surface area contributed by atoms with Crippen molar-refractivity contribution in [1.82, 2.24) is 15.1 Å². The molecule has 3 heterocycles. The third kappa shape index (κ3) is 3.87. The van der Waals surface area contributed by atoms with E-state index in [0.29, 0.717) is 28.5 Å². The second-order valence-corrected chi connectivity index (χ2v) is 9.15. The SMILES string of the molecule is CC(=O)Nc1ccc(N2C(=O)c3cc(-c4ccco4)nn3CC2(C)C(=O)NC2CCCC2)cc1. The van der Waals surface area contributed by atoms with Crippen molar-refractivity contribution in [2.45, 2.75) is 57.7 Å². The molecule has 1 saturated carbocycles. The molecule has 2 aliphatic rings. The van der Waals surface area contributed by atoms with E-state index in [1.165, 1.54) is 11.8 Å². The van der Waals surface area contributed by atoms with E-state index in [0.717, 1.165) is 25.7 Å². The molecule has 9 heteroatoms. The molecule has 176 valence electrons. The Kier molecular flexibility index (Phi) is 5.47. The summed E-state index contributed by atoms with van der Waals surface area (Å²) in [6, 6.07) is 12.3. The molecule has 1 unspecified atom stereocenters. The van der Waals surface area contributed by atoms with Crippen LogP contribution in [0.3, 0.4) is 0 Å². The number of benzene rings is 1. The van der Waals surface area contributed by atoms with Gasteiger partial charge in [0.2, 0.25) is 11.8 Å². The van der Waals surface area contributed by atoms with Gasteiger partial charge < -0.3 is 15.1 Å². The fraction of sp³-hybridized carbons (Fsp3) is 0.360. The molecule has 3 amide bonds. The number of hydrogen-bond donors (Lipinski definition) is 2. The van der Waals surface area contributed by atoms with Crippen molar-refractivity contribution in [3.8, 4) is 11.5 Å². The molecule has 1 aliphatic heterocycles. The Bertz CT molecular complexity index is 1220. The zero-order valence-electron chi connectivity index (χ0n) is 19.2. The average molecular weight is 462 g/mol. The van der Waals surface area contributed by atoms with Crippen molar-refractivity contribution in [3.63, 3.8) is 0 Å². The molecule has 3 aromatic rings. The van der Waals surface area contributed by atoms with E-state index in [-0.39, 0.29) is 30.3 Å². The van der Waals surface area contributed by atoms with Crippen LogP contribution >= 0.6 is 0 Å². The first-order chi connectivity index (χ1) is 16.3. The molecule has 5 rings (SSSR count). The number of carbonyl (C=O) groups is 3. The summed E-state index contributed by atoms with van der Waals surface area (Å²) in [5, 5.41) is 10.5. The lowest BCUT2D eigenvalue weighted by atomic mass is 9.93. The van der Waals surface area contributed by atoms with E-state index < -0.39 is 5.54 Å². The maximum absolute atomic E-state index is 13.8. The van der Waals surface area contributed by atoms with Gasteiger partial charge in [-0.25, -0.2) is 0 Å². The summed E-state index contributed by atoms with van der Waals surface area (Å²) >= 11 is 0. The van der Waals surface area contributed by atoms with Gasteiger partial charge in [0.15, 0.2) is 5.76 Å². The molecule has 34 heavy (non-hydrogen) atoms. The average Bonchev–Trinajstić information content (AvgIpc) is 3.56. The van der Waals surface area contributed by atoms with Gasteiger partial charge in [0.05, 0.1) is 12.8 Å². The van der Waals surface area contributed by atoms with Crippen molar-refractivity contribution in [2.75, 3.05) is 10.2 Å². The number of amides is 3.